The Balaban J connectivity index is 2.78. The van der Waals surface area contributed by atoms with Crippen molar-refractivity contribution in [3.8, 4) is 0 Å². The summed E-state index contributed by atoms with van der Waals surface area (Å²) < 4.78 is 0. The van der Waals surface area contributed by atoms with E-state index >= 15 is 0 Å². The van der Waals surface area contributed by atoms with Crippen molar-refractivity contribution in [1.82, 2.24) is 5.32 Å². The van der Waals surface area contributed by atoms with Gasteiger partial charge in [0.2, 0.25) is 0 Å². The Kier molecular flexibility index (Phi) is 4.79. The Morgan fingerprint density at radius 3 is 2.53 bits per heavy atom. The van der Waals surface area contributed by atoms with E-state index in [9.17, 15) is 5.11 Å². The molecule has 15 heavy (non-hydrogen) atoms. The molecule has 2 nitrogen and oxygen atoms in total. The molecule has 0 bridgehead atoms. The zero-order valence-electron chi connectivity index (χ0n) is 9.88. The SMILES string of the molecule is CCCNC(CO)c1ccc(C)c(C)c1. The summed E-state index contributed by atoms with van der Waals surface area (Å²) in [5, 5.41) is 12.6. The largest absolute Gasteiger partial charge is 0.394 e. The van der Waals surface area contributed by atoms with E-state index in [2.05, 4.69) is 44.3 Å². The molecule has 84 valence electrons. The number of aryl methyl sites for hydroxylation is 2. The molecule has 1 unspecified atom stereocenters. The molecule has 0 amide bonds. The van der Waals surface area contributed by atoms with Crippen LogP contribution in [0.2, 0.25) is 0 Å². The highest BCUT2D eigenvalue weighted by atomic mass is 16.3. The van der Waals surface area contributed by atoms with Gasteiger partial charge in [-0.15, -0.1) is 0 Å². The van der Waals surface area contributed by atoms with Gasteiger partial charge >= 0.3 is 0 Å². The van der Waals surface area contributed by atoms with Crippen molar-refractivity contribution in [2.75, 3.05) is 13.2 Å². The van der Waals surface area contributed by atoms with Gasteiger partial charge in [0.25, 0.3) is 0 Å². The highest BCUT2D eigenvalue weighted by Gasteiger charge is 2.09. The van der Waals surface area contributed by atoms with E-state index in [1.165, 1.54) is 16.7 Å². The molecule has 1 aromatic rings. The van der Waals surface area contributed by atoms with Crippen molar-refractivity contribution in [2.45, 2.75) is 33.2 Å². The molecule has 0 aliphatic rings. The maximum absolute atomic E-state index is 9.30. The first kappa shape index (κ1) is 12.2. The second-order valence-electron chi connectivity index (χ2n) is 4.03. The zero-order chi connectivity index (χ0) is 11.3. The summed E-state index contributed by atoms with van der Waals surface area (Å²) in [6.07, 6.45) is 1.08. The van der Waals surface area contributed by atoms with Crippen LogP contribution >= 0.6 is 0 Å². The summed E-state index contributed by atoms with van der Waals surface area (Å²) in [5.74, 6) is 0. The molecule has 2 N–H and O–H groups in total. The molecule has 0 spiro atoms. The van der Waals surface area contributed by atoms with Crippen molar-refractivity contribution in [3.05, 3.63) is 34.9 Å². The highest BCUT2D eigenvalue weighted by Crippen LogP contribution is 2.16. The van der Waals surface area contributed by atoms with Gasteiger partial charge in [-0.05, 0) is 43.5 Å². The summed E-state index contributed by atoms with van der Waals surface area (Å²) in [5.41, 5.74) is 3.75. The van der Waals surface area contributed by atoms with Crippen LogP contribution in [-0.4, -0.2) is 18.3 Å². The second-order valence-corrected chi connectivity index (χ2v) is 4.03. The topological polar surface area (TPSA) is 32.3 Å². The van der Waals surface area contributed by atoms with Crippen LogP contribution in [-0.2, 0) is 0 Å². The van der Waals surface area contributed by atoms with Gasteiger partial charge in [0.15, 0.2) is 0 Å². The number of rotatable bonds is 5. The molecule has 0 heterocycles. The highest BCUT2D eigenvalue weighted by molar-refractivity contribution is 5.31. The first-order valence-corrected chi connectivity index (χ1v) is 5.60. The van der Waals surface area contributed by atoms with E-state index < -0.39 is 0 Å². The predicted molar refractivity (Wildman–Crippen MR) is 64.0 cm³/mol. The zero-order valence-corrected chi connectivity index (χ0v) is 9.88. The van der Waals surface area contributed by atoms with Gasteiger partial charge in [0, 0.05) is 0 Å². The van der Waals surface area contributed by atoms with Crippen LogP contribution < -0.4 is 5.32 Å². The molecule has 0 aliphatic heterocycles. The van der Waals surface area contributed by atoms with Crippen LogP contribution in [0.25, 0.3) is 0 Å². The quantitative estimate of drug-likeness (QED) is 0.776. The second kappa shape index (κ2) is 5.89. The first-order chi connectivity index (χ1) is 7.19. The minimum Gasteiger partial charge on any atom is -0.394 e. The molecule has 0 radical (unpaired) electrons. The van der Waals surface area contributed by atoms with E-state index in [0.29, 0.717) is 0 Å². The maximum atomic E-state index is 9.30. The summed E-state index contributed by atoms with van der Waals surface area (Å²) in [6.45, 7) is 7.43. The van der Waals surface area contributed by atoms with Crippen LogP contribution in [0.1, 0.15) is 36.1 Å². The van der Waals surface area contributed by atoms with Gasteiger partial charge in [0.1, 0.15) is 0 Å². The lowest BCUT2D eigenvalue weighted by atomic mass is 10.0. The number of nitrogens with one attached hydrogen (secondary N) is 1. The van der Waals surface area contributed by atoms with Gasteiger partial charge in [0.05, 0.1) is 12.6 Å². The molecule has 1 atom stereocenters. The molecule has 1 rings (SSSR count). The van der Waals surface area contributed by atoms with Crippen LogP contribution in [0.4, 0.5) is 0 Å². The number of aliphatic hydroxyl groups excluding tert-OH is 1. The lowest BCUT2D eigenvalue weighted by molar-refractivity contribution is 0.245. The van der Waals surface area contributed by atoms with Crippen molar-refractivity contribution in [2.24, 2.45) is 0 Å². The fraction of sp³-hybridized carbons (Fsp3) is 0.538. The summed E-state index contributed by atoms with van der Waals surface area (Å²) in [7, 11) is 0. The predicted octanol–water partition coefficient (Wildman–Crippen LogP) is 2.34. The van der Waals surface area contributed by atoms with Crippen LogP contribution in [0.15, 0.2) is 18.2 Å². The van der Waals surface area contributed by atoms with E-state index in [1.54, 1.807) is 0 Å². The minimum atomic E-state index is 0.0734. The van der Waals surface area contributed by atoms with Crippen LogP contribution in [0.5, 0.6) is 0 Å². The van der Waals surface area contributed by atoms with Crippen LogP contribution in [0.3, 0.4) is 0 Å². The lowest BCUT2D eigenvalue weighted by Crippen LogP contribution is -2.25. The van der Waals surface area contributed by atoms with Gasteiger partial charge in [-0.2, -0.15) is 0 Å². The average molecular weight is 207 g/mol. The van der Waals surface area contributed by atoms with Gasteiger partial charge < -0.3 is 10.4 Å². The molecular weight excluding hydrogens is 186 g/mol. The minimum absolute atomic E-state index is 0.0734. The third-order valence-corrected chi connectivity index (χ3v) is 2.76. The standard InChI is InChI=1S/C13H21NO/c1-4-7-14-13(9-15)12-6-5-10(2)11(3)8-12/h5-6,8,13-15H,4,7,9H2,1-3H3. The molecule has 1 aromatic carbocycles. The monoisotopic (exact) mass is 207 g/mol. The number of hydrogen-bond donors (Lipinski definition) is 2. The van der Waals surface area contributed by atoms with Crippen molar-refractivity contribution < 1.29 is 5.11 Å². The first-order valence-electron chi connectivity index (χ1n) is 5.60. The lowest BCUT2D eigenvalue weighted by Gasteiger charge is -2.17. The molecule has 0 saturated heterocycles. The third-order valence-electron chi connectivity index (χ3n) is 2.76. The Morgan fingerprint density at radius 2 is 2.00 bits per heavy atom. The summed E-state index contributed by atoms with van der Waals surface area (Å²) in [6, 6.07) is 6.43. The Labute approximate surface area is 92.3 Å². The molecular formula is C13H21NO. The fourth-order valence-corrected chi connectivity index (χ4v) is 1.59. The molecule has 2 heteroatoms. The summed E-state index contributed by atoms with van der Waals surface area (Å²) >= 11 is 0. The van der Waals surface area contributed by atoms with E-state index in [0.717, 1.165) is 13.0 Å². The number of aliphatic hydroxyl groups is 1. The van der Waals surface area contributed by atoms with E-state index in [4.69, 9.17) is 0 Å². The maximum Gasteiger partial charge on any atom is 0.0626 e. The smallest absolute Gasteiger partial charge is 0.0626 e. The number of benzene rings is 1. The fourth-order valence-electron chi connectivity index (χ4n) is 1.59. The van der Waals surface area contributed by atoms with Crippen molar-refractivity contribution >= 4 is 0 Å². The molecule has 0 saturated carbocycles. The third kappa shape index (κ3) is 3.33. The molecule has 0 fully saturated rings. The van der Waals surface area contributed by atoms with Gasteiger partial charge in [-0.3, -0.25) is 0 Å². The van der Waals surface area contributed by atoms with E-state index in [-0.39, 0.29) is 12.6 Å². The Hall–Kier alpha value is -0.860. The summed E-state index contributed by atoms with van der Waals surface area (Å²) in [4.78, 5) is 0. The normalized spacial score (nSPS) is 12.8. The van der Waals surface area contributed by atoms with E-state index in [1.807, 2.05) is 0 Å². The number of hydrogen-bond acceptors (Lipinski definition) is 2. The van der Waals surface area contributed by atoms with Crippen molar-refractivity contribution in [3.63, 3.8) is 0 Å². The van der Waals surface area contributed by atoms with Gasteiger partial charge in [-0.25, -0.2) is 0 Å². The van der Waals surface area contributed by atoms with Crippen molar-refractivity contribution in [1.29, 1.82) is 0 Å². The average Bonchev–Trinajstić information content (AvgIpc) is 2.24. The molecule has 0 aliphatic carbocycles. The van der Waals surface area contributed by atoms with Crippen LogP contribution in [0, 0.1) is 13.8 Å². The molecule has 0 aromatic heterocycles. The Morgan fingerprint density at radius 1 is 1.27 bits per heavy atom. The van der Waals surface area contributed by atoms with Gasteiger partial charge in [-0.1, -0.05) is 25.1 Å². The Bertz CT molecular complexity index is 309.